The lowest BCUT2D eigenvalue weighted by molar-refractivity contribution is -0.201. The molecule has 4 heterocycles. The van der Waals surface area contributed by atoms with Gasteiger partial charge in [-0.15, -0.1) is 0 Å². The van der Waals surface area contributed by atoms with Gasteiger partial charge < -0.3 is 34.1 Å². The van der Waals surface area contributed by atoms with Gasteiger partial charge in [0.1, 0.15) is 31.0 Å². The zero-order valence-electron chi connectivity index (χ0n) is 19.5. The van der Waals surface area contributed by atoms with Crippen molar-refractivity contribution in [2.45, 2.75) is 57.1 Å². The highest BCUT2D eigenvalue weighted by molar-refractivity contribution is 7.51. The van der Waals surface area contributed by atoms with Gasteiger partial charge in [-0.25, -0.2) is 15.0 Å². The molecule has 2 aliphatic rings. The van der Waals surface area contributed by atoms with Crippen LogP contribution >= 0.6 is 7.60 Å². The second kappa shape index (κ2) is 9.21. The third kappa shape index (κ3) is 5.10. The molecule has 3 N–H and O–H groups in total. The van der Waals surface area contributed by atoms with Crippen LogP contribution in [0.4, 0.5) is 5.82 Å². The van der Waals surface area contributed by atoms with E-state index in [1.54, 1.807) is 24.7 Å². The van der Waals surface area contributed by atoms with Crippen LogP contribution in [0, 0.1) is 0 Å². The standard InChI is InChI=1S/C22H28N5O7P/c1-13(14-7-5-4-6-8-14)26-19-16-20(24-10-23-19)27(11-25-16)21-18-17(33-22(2,3)34-18)15(32-21)9-31-12-35(28,29)30/h4-8,10-11,13,15,17-18,21H,9,12H2,1-3H3,(H,23,24,26)(H2,28,29,30)/t13?,15-,17-,18-,21-/m1/s1. The quantitative estimate of drug-likeness (QED) is 0.388. The highest BCUT2D eigenvalue weighted by Crippen LogP contribution is 2.44. The predicted octanol–water partition coefficient (Wildman–Crippen LogP) is 2.57. The lowest BCUT2D eigenvalue weighted by atomic mass is 10.1. The van der Waals surface area contributed by atoms with Crippen molar-refractivity contribution in [2.75, 3.05) is 18.3 Å². The van der Waals surface area contributed by atoms with Gasteiger partial charge in [0.2, 0.25) is 0 Å². The molecule has 0 spiro atoms. The Morgan fingerprint density at radius 2 is 1.91 bits per heavy atom. The molecule has 35 heavy (non-hydrogen) atoms. The lowest BCUT2D eigenvalue weighted by Crippen LogP contribution is -2.33. The molecule has 3 aromatic rings. The molecule has 12 nitrogen and oxygen atoms in total. The molecule has 0 amide bonds. The largest absolute Gasteiger partial charge is 0.366 e. The number of nitrogens with zero attached hydrogens (tertiary/aromatic N) is 4. The number of imidazole rings is 1. The first-order chi connectivity index (χ1) is 16.6. The van der Waals surface area contributed by atoms with Gasteiger partial charge in [0, 0.05) is 0 Å². The van der Waals surface area contributed by atoms with E-state index in [1.807, 2.05) is 37.3 Å². The Bertz CT molecular complexity index is 1230. The molecule has 1 aromatic carbocycles. The topological polar surface area (TPSA) is 150 Å². The summed E-state index contributed by atoms with van der Waals surface area (Å²) in [4.78, 5) is 31.6. The van der Waals surface area contributed by atoms with Crippen molar-refractivity contribution < 1.29 is 33.3 Å². The Balaban J connectivity index is 1.40. The molecule has 0 aliphatic carbocycles. The summed E-state index contributed by atoms with van der Waals surface area (Å²) in [7, 11) is -4.30. The van der Waals surface area contributed by atoms with Crippen LogP contribution in [0.15, 0.2) is 43.0 Å². The van der Waals surface area contributed by atoms with E-state index in [-0.39, 0.29) is 12.6 Å². The van der Waals surface area contributed by atoms with Crippen LogP contribution in [0.3, 0.4) is 0 Å². The van der Waals surface area contributed by atoms with Gasteiger partial charge in [0.15, 0.2) is 29.0 Å². The van der Waals surface area contributed by atoms with Crippen molar-refractivity contribution in [1.82, 2.24) is 19.5 Å². The predicted molar refractivity (Wildman–Crippen MR) is 124 cm³/mol. The molecular weight excluding hydrogens is 477 g/mol. The molecule has 0 saturated carbocycles. The van der Waals surface area contributed by atoms with Crippen LogP contribution in [-0.2, 0) is 23.5 Å². The molecular formula is C22H28N5O7P. The third-order valence-electron chi connectivity index (χ3n) is 5.95. The fraction of sp³-hybridized carbons (Fsp3) is 0.500. The van der Waals surface area contributed by atoms with Crippen molar-refractivity contribution in [1.29, 1.82) is 0 Å². The number of benzene rings is 1. The molecule has 2 aliphatic heterocycles. The molecule has 5 rings (SSSR count). The number of hydrogen-bond acceptors (Lipinski definition) is 9. The van der Waals surface area contributed by atoms with E-state index in [2.05, 4.69) is 20.3 Å². The van der Waals surface area contributed by atoms with E-state index in [0.717, 1.165) is 5.56 Å². The van der Waals surface area contributed by atoms with Crippen molar-refractivity contribution >= 4 is 24.6 Å². The van der Waals surface area contributed by atoms with Gasteiger partial charge in [-0.3, -0.25) is 9.13 Å². The van der Waals surface area contributed by atoms with E-state index in [4.69, 9.17) is 28.7 Å². The highest BCUT2D eigenvalue weighted by Gasteiger charge is 2.56. The van der Waals surface area contributed by atoms with Gasteiger partial charge in [-0.2, -0.15) is 0 Å². The molecule has 0 bridgehead atoms. The van der Waals surface area contributed by atoms with Crippen molar-refractivity contribution in [3.05, 3.63) is 48.5 Å². The van der Waals surface area contributed by atoms with Crippen molar-refractivity contribution in [2.24, 2.45) is 0 Å². The average molecular weight is 505 g/mol. The SMILES string of the molecule is CC(Nc1ncnc2c1ncn2[C@@H]1O[C@H](COCP(=O)(O)O)[C@H]2OC(C)(C)O[C@H]21)c1ccccc1. The first kappa shape index (κ1) is 24.3. The number of aromatic nitrogens is 4. The van der Waals surface area contributed by atoms with E-state index in [1.165, 1.54) is 6.33 Å². The molecule has 188 valence electrons. The third-order valence-corrected chi connectivity index (χ3v) is 6.47. The second-order valence-corrected chi connectivity index (χ2v) is 10.7. The molecule has 5 atom stereocenters. The normalized spacial score (nSPS) is 26.7. The summed E-state index contributed by atoms with van der Waals surface area (Å²) >= 11 is 0. The summed E-state index contributed by atoms with van der Waals surface area (Å²) in [6.45, 7) is 5.58. The first-order valence-corrected chi connectivity index (χ1v) is 13.0. The maximum Gasteiger partial charge on any atom is 0.350 e. The number of fused-ring (bicyclic) bond motifs is 2. The number of rotatable bonds is 8. The van der Waals surface area contributed by atoms with Gasteiger partial charge in [0.25, 0.3) is 0 Å². The van der Waals surface area contributed by atoms with E-state index >= 15 is 0 Å². The van der Waals surface area contributed by atoms with Crippen LogP contribution in [0.5, 0.6) is 0 Å². The molecule has 0 radical (unpaired) electrons. The number of hydrogen-bond donors (Lipinski definition) is 3. The number of nitrogens with one attached hydrogen (secondary N) is 1. The minimum Gasteiger partial charge on any atom is -0.366 e. The fourth-order valence-electron chi connectivity index (χ4n) is 4.48. The van der Waals surface area contributed by atoms with Crippen molar-refractivity contribution in [3.63, 3.8) is 0 Å². The molecule has 2 aromatic heterocycles. The molecule has 1 unspecified atom stereocenters. The smallest absolute Gasteiger partial charge is 0.350 e. The summed E-state index contributed by atoms with van der Waals surface area (Å²) in [6, 6.07) is 10.0. The van der Waals surface area contributed by atoms with Crippen LogP contribution in [0.2, 0.25) is 0 Å². The Kier molecular flexibility index (Phi) is 6.39. The summed E-state index contributed by atoms with van der Waals surface area (Å²) < 4.78 is 36.5. The van der Waals surface area contributed by atoms with E-state index in [0.29, 0.717) is 17.0 Å². The molecule has 13 heteroatoms. The van der Waals surface area contributed by atoms with Crippen LogP contribution < -0.4 is 5.32 Å². The fourth-order valence-corrected chi connectivity index (χ4v) is 4.82. The second-order valence-electron chi connectivity index (χ2n) is 9.12. The van der Waals surface area contributed by atoms with Crippen LogP contribution in [-0.4, -0.2) is 66.4 Å². The minimum atomic E-state index is -4.30. The number of anilines is 1. The zero-order valence-corrected chi connectivity index (χ0v) is 20.4. The molecule has 2 saturated heterocycles. The van der Waals surface area contributed by atoms with E-state index < -0.39 is 44.3 Å². The molecule has 2 fully saturated rings. The lowest BCUT2D eigenvalue weighted by Gasteiger charge is -2.24. The van der Waals surface area contributed by atoms with Gasteiger partial charge >= 0.3 is 7.60 Å². The summed E-state index contributed by atoms with van der Waals surface area (Å²) in [5.74, 6) is -0.271. The zero-order chi connectivity index (χ0) is 24.8. The Labute approximate surface area is 201 Å². The summed E-state index contributed by atoms with van der Waals surface area (Å²) in [5.41, 5.74) is 2.24. The van der Waals surface area contributed by atoms with Gasteiger partial charge in [0.05, 0.1) is 19.0 Å². The summed E-state index contributed by atoms with van der Waals surface area (Å²) in [6.07, 6.45) is 0.145. The van der Waals surface area contributed by atoms with Crippen LogP contribution in [0.1, 0.15) is 38.6 Å². The van der Waals surface area contributed by atoms with Crippen molar-refractivity contribution in [3.8, 4) is 0 Å². The Morgan fingerprint density at radius 1 is 1.17 bits per heavy atom. The maximum absolute atomic E-state index is 11.2. The summed E-state index contributed by atoms with van der Waals surface area (Å²) in [5, 5.41) is 3.40. The van der Waals surface area contributed by atoms with Gasteiger partial charge in [-0.05, 0) is 26.3 Å². The average Bonchev–Trinajstić information content (AvgIpc) is 3.45. The number of ether oxygens (including phenoxy) is 4. The maximum atomic E-state index is 11.2. The van der Waals surface area contributed by atoms with E-state index in [9.17, 15) is 4.57 Å². The Hall–Kier alpha value is -2.44. The Morgan fingerprint density at radius 3 is 2.66 bits per heavy atom. The monoisotopic (exact) mass is 505 g/mol. The highest BCUT2D eigenvalue weighted by atomic mass is 31.2. The van der Waals surface area contributed by atoms with Gasteiger partial charge in [-0.1, -0.05) is 30.3 Å². The minimum absolute atomic E-state index is 0.00511. The van der Waals surface area contributed by atoms with Crippen LogP contribution in [0.25, 0.3) is 11.2 Å². The first-order valence-electron chi connectivity index (χ1n) is 11.2.